The minimum absolute atomic E-state index is 0.760. The van der Waals surface area contributed by atoms with Crippen LogP contribution in [0.1, 0.15) is 29.8 Å². The Hall–Kier alpha value is -1.81. The van der Waals surface area contributed by atoms with Crippen LogP contribution in [-0.2, 0) is 20.1 Å². The van der Waals surface area contributed by atoms with Gasteiger partial charge in [0, 0.05) is 44.8 Å². The van der Waals surface area contributed by atoms with E-state index in [1.54, 1.807) is 0 Å². The maximum absolute atomic E-state index is 4.40. The van der Waals surface area contributed by atoms with Gasteiger partial charge in [-0.1, -0.05) is 12.1 Å². The van der Waals surface area contributed by atoms with Gasteiger partial charge in [0.2, 0.25) is 0 Å². The molecule has 1 aromatic heterocycles. The zero-order chi connectivity index (χ0) is 14.8. The third-order valence-electron chi connectivity index (χ3n) is 4.14. The number of benzene rings is 1. The summed E-state index contributed by atoms with van der Waals surface area (Å²) in [4.78, 5) is 6.66. The predicted molar refractivity (Wildman–Crippen MR) is 86.4 cm³/mol. The van der Waals surface area contributed by atoms with Crippen LogP contribution in [0.5, 0.6) is 0 Å². The van der Waals surface area contributed by atoms with E-state index in [1.807, 2.05) is 19.4 Å². The van der Waals surface area contributed by atoms with Gasteiger partial charge >= 0.3 is 0 Å². The van der Waals surface area contributed by atoms with Crippen LogP contribution in [0, 0.1) is 6.92 Å². The number of nitrogens with one attached hydrogen (secondary N) is 1. The molecule has 21 heavy (non-hydrogen) atoms. The average Bonchev–Trinajstić information content (AvgIpc) is 3.20. The summed E-state index contributed by atoms with van der Waals surface area (Å²) in [6.07, 6.45) is 6.51. The molecule has 112 valence electrons. The molecule has 0 amide bonds. The van der Waals surface area contributed by atoms with Crippen LogP contribution in [-0.4, -0.2) is 22.6 Å². The predicted octanol–water partition coefficient (Wildman–Crippen LogP) is 2.62. The summed E-state index contributed by atoms with van der Waals surface area (Å²) in [5.41, 5.74) is 3.96. The number of aromatic nitrogens is 2. The molecule has 4 nitrogen and oxygen atoms in total. The molecule has 1 fully saturated rings. The second kappa shape index (κ2) is 5.90. The number of imidazole rings is 1. The van der Waals surface area contributed by atoms with Gasteiger partial charge in [-0.2, -0.15) is 0 Å². The van der Waals surface area contributed by atoms with E-state index in [-0.39, 0.29) is 0 Å². The molecule has 0 bridgehead atoms. The number of nitrogens with zero attached hydrogens (tertiary/aromatic N) is 3. The maximum Gasteiger partial charge on any atom is 0.127 e. The molecule has 0 aliphatic heterocycles. The molecule has 0 unspecified atom stereocenters. The first-order valence-corrected chi connectivity index (χ1v) is 7.64. The molecule has 0 saturated heterocycles. The summed E-state index contributed by atoms with van der Waals surface area (Å²) in [5.74, 6) is 1.08. The number of rotatable bonds is 6. The van der Waals surface area contributed by atoms with Crippen LogP contribution < -0.4 is 10.2 Å². The largest absolute Gasteiger partial charge is 0.367 e. The van der Waals surface area contributed by atoms with E-state index in [9.17, 15) is 0 Å². The van der Waals surface area contributed by atoms with Crippen LogP contribution in [0.15, 0.2) is 30.6 Å². The van der Waals surface area contributed by atoms with Gasteiger partial charge in [-0.05, 0) is 37.0 Å². The van der Waals surface area contributed by atoms with Crippen LogP contribution in [0.4, 0.5) is 5.69 Å². The van der Waals surface area contributed by atoms with E-state index < -0.39 is 0 Å². The van der Waals surface area contributed by atoms with E-state index in [0.29, 0.717) is 0 Å². The van der Waals surface area contributed by atoms with Gasteiger partial charge in [-0.25, -0.2) is 4.98 Å². The molecule has 1 N–H and O–H groups in total. The lowest BCUT2D eigenvalue weighted by atomic mass is 10.1. The topological polar surface area (TPSA) is 33.1 Å². The highest BCUT2D eigenvalue weighted by Gasteiger charge is 2.20. The molecule has 1 aromatic carbocycles. The fourth-order valence-corrected chi connectivity index (χ4v) is 2.65. The Morgan fingerprint density at radius 2 is 2.19 bits per heavy atom. The second-order valence-corrected chi connectivity index (χ2v) is 6.09. The van der Waals surface area contributed by atoms with Gasteiger partial charge in [-0.3, -0.25) is 0 Å². The lowest BCUT2D eigenvalue weighted by Crippen LogP contribution is -2.20. The van der Waals surface area contributed by atoms with Gasteiger partial charge in [0.05, 0.1) is 6.54 Å². The monoisotopic (exact) mass is 284 g/mol. The van der Waals surface area contributed by atoms with Crippen LogP contribution >= 0.6 is 0 Å². The summed E-state index contributed by atoms with van der Waals surface area (Å²) in [5, 5.41) is 3.57. The van der Waals surface area contributed by atoms with E-state index in [4.69, 9.17) is 0 Å². The Balaban J connectivity index is 1.67. The normalized spacial score (nSPS) is 14.4. The van der Waals surface area contributed by atoms with Crippen LogP contribution in [0.2, 0.25) is 0 Å². The Morgan fingerprint density at radius 3 is 2.81 bits per heavy atom. The van der Waals surface area contributed by atoms with Crippen molar-refractivity contribution in [2.24, 2.45) is 7.05 Å². The van der Waals surface area contributed by atoms with Gasteiger partial charge in [0.25, 0.3) is 0 Å². The van der Waals surface area contributed by atoms with E-state index >= 15 is 0 Å². The van der Waals surface area contributed by atoms with E-state index in [1.165, 1.54) is 29.7 Å². The minimum Gasteiger partial charge on any atom is -0.367 e. The first-order valence-electron chi connectivity index (χ1n) is 7.64. The molecule has 1 aliphatic carbocycles. The van der Waals surface area contributed by atoms with Gasteiger partial charge in [0.15, 0.2) is 0 Å². The van der Waals surface area contributed by atoms with Crippen molar-refractivity contribution in [3.8, 4) is 0 Å². The third-order valence-corrected chi connectivity index (χ3v) is 4.14. The smallest absolute Gasteiger partial charge is 0.127 e. The second-order valence-electron chi connectivity index (χ2n) is 6.09. The molecule has 0 radical (unpaired) electrons. The molecule has 0 atom stereocenters. The Bertz CT molecular complexity index is 613. The van der Waals surface area contributed by atoms with Crippen molar-refractivity contribution in [1.29, 1.82) is 0 Å². The van der Waals surface area contributed by atoms with Gasteiger partial charge in [0.1, 0.15) is 5.82 Å². The highest BCUT2D eigenvalue weighted by Crippen LogP contribution is 2.23. The minimum atomic E-state index is 0.760. The Labute approximate surface area is 126 Å². The first kappa shape index (κ1) is 14.1. The van der Waals surface area contributed by atoms with Gasteiger partial charge < -0.3 is 14.8 Å². The summed E-state index contributed by atoms with van der Waals surface area (Å²) in [6.45, 7) is 3.99. The Kier molecular flexibility index (Phi) is 3.97. The standard InChI is InChI=1S/C17H24N4/c1-13-10-14(11-19-15-5-6-15)4-7-16(13)21(3)12-17-18-8-9-20(17)2/h4,7-10,15,19H,5-6,11-12H2,1-3H3. The zero-order valence-corrected chi connectivity index (χ0v) is 13.1. The molecule has 1 heterocycles. The zero-order valence-electron chi connectivity index (χ0n) is 13.1. The SMILES string of the molecule is Cc1cc(CNC2CC2)ccc1N(C)Cc1nccn1C. The summed E-state index contributed by atoms with van der Waals surface area (Å²) in [6, 6.07) is 7.50. The molecule has 0 spiro atoms. The van der Waals surface area contributed by atoms with E-state index in [2.05, 4.69) is 51.9 Å². The molecule has 4 heteroatoms. The maximum atomic E-state index is 4.40. The van der Waals surface area contributed by atoms with Crippen LogP contribution in [0.3, 0.4) is 0 Å². The van der Waals surface area contributed by atoms with Crippen molar-refractivity contribution in [3.05, 3.63) is 47.5 Å². The molecule has 1 saturated carbocycles. The molecular formula is C17H24N4. The molecule has 3 rings (SSSR count). The highest BCUT2D eigenvalue weighted by molar-refractivity contribution is 5.54. The van der Waals surface area contributed by atoms with E-state index in [0.717, 1.165) is 25.0 Å². The van der Waals surface area contributed by atoms with Crippen molar-refractivity contribution in [2.45, 2.75) is 38.9 Å². The average molecular weight is 284 g/mol. The van der Waals surface area contributed by atoms with Crippen molar-refractivity contribution in [1.82, 2.24) is 14.9 Å². The molecule has 2 aromatic rings. The summed E-state index contributed by atoms with van der Waals surface area (Å²) < 4.78 is 2.07. The number of hydrogen-bond acceptors (Lipinski definition) is 3. The number of hydrogen-bond donors (Lipinski definition) is 1. The van der Waals surface area contributed by atoms with Crippen molar-refractivity contribution >= 4 is 5.69 Å². The summed E-state index contributed by atoms with van der Waals surface area (Å²) >= 11 is 0. The lowest BCUT2D eigenvalue weighted by molar-refractivity contribution is 0.687. The first-order chi connectivity index (χ1) is 10.1. The highest BCUT2D eigenvalue weighted by atomic mass is 15.2. The molecule has 1 aliphatic rings. The third kappa shape index (κ3) is 3.45. The fourth-order valence-electron chi connectivity index (χ4n) is 2.65. The Morgan fingerprint density at radius 1 is 1.38 bits per heavy atom. The molecular weight excluding hydrogens is 260 g/mol. The van der Waals surface area contributed by atoms with Crippen molar-refractivity contribution < 1.29 is 0 Å². The van der Waals surface area contributed by atoms with Crippen LogP contribution in [0.25, 0.3) is 0 Å². The fraction of sp³-hybridized carbons (Fsp3) is 0.471. The lowest BCUT2D eigenvalue weighted by Gasteiger charge is -2.22. The number of aryl methyl sites for hydroxylation is 2. The quantitative estimate of drug-likeness (QED) is 0.885. The number of anilines is 1. The van der Waals surface area contributed by atoms with Gasteiger partial charge in [-0.15, -0.1) is 0 Å². The summed E-state index contributed by atoms with van der Waals surface area (Å²) in [7, 11) is 4.16. The van der Waals surface area contributed by atoms with Crippen molar-refractivity contribution in [2.75, 3.05) is 11.9 Å². The van der Waals surface area contributed by atoms with Crippen molar-refractivity contribution in [3.63, 3.8) is 0 Å².